The van der Waals surface area contributed by atoms with E-state index in [-0.39, 0.29) is 0 Å². The molecule has 5 aliphatic heterocycles. The molecule has 364 valence electrons. The standard InChI is InChI=1S/C44H68O4S16/c1-5-7-9-11-13-15-17-27-51-35-36(52-28-18-16-14-12-10-8-6-2)60-43(59-35)44-63-39-40(64-44)56-32-26-48-22-20-46-24-30-54-38-37(53-29-23-45-19-21-47-25-31-55-39)61-42(62-38)41-57-33(49-3)34(50-4)58-41/h5-32H2,1-4H3. The summed E-state index contributed by atoms with van der Waals surface area (Å²) in [7, 11) is 0. The largest absolute Gasteiger partial charge is 0.378 e. The van der Waals surface area contributed by atoms with Gasteiger partial charge in [0.1, 0.15) is 0 Å². The molecule has 5 rings (SSSR count). The van der Waals surface area contributed by atoms with Crippen molar-refractivity contribution < 1.29 is 18.9 Å². The van der Waals surface area contributed by atoms with Gasteiger partial charge in [-0.15, -0.1) is 94.1 Å². The van der Waals surface area contributed by atoms with Crippen LogP contribution in [0.5, 0.6) is 0 Å². The second-order valence-corrected chi connectivity index (χ2v) is 34.0. The van der Waals surface area contributed by atoms with Gasteiger partial charge in [0.15, 0.2) is 0 Å². The van der Waals surface area contributed by atoms with E-state index in [4.69, 9.17) is 18.9 Å². The first-order valence-electron chi connectivity index (χ1n) is 22.7. The summed E-state index contributed by atoms with van der Waals surface area (Å²) in [5.74, 6) is 6.25. The Morgan fingerprint density at radius 2 is 0.609 bits per heavy atom. The molecule has 0 fully saturated rings. The zero-order valence-corrected chi connectivity index (χ0v) is 51.0. The maximum atomic E-state index is 6.11. The van der Waals surface area contributed by atoms with E-state index >= 15 is 0 Å². The van der Waals surface area contributed by atoms with Crippen LogP contribution in [0.4, 0.5) is 0 Å². The zero-order valence-electron chi connectivity index (χ0n) is 38.0. The summed E-state index contributed by atoms with van der Waals surface area (Å²) in [4.78, 5) is 0. The Morgan fingerprint density at radius 3 is 0.922 bits per heavy atom. The summed E-state index contributed by atoms with van der Waals surface area (Å²) in [5, 5.41) is 0. The molecule has 0 aromatic carbocycles. The molecule has 0 spiro atoms. The van der Waals surface area contributed by atoms with E-state index in [0.29, 0.717) is 26.4 Å². The summed E-state index contributed by atoms with van der Waals surface area (Å²) < 4.78 is 41.8. The fourth-order valence-corrected chi connectivity index (χ4v) is 29.0. The normalized spacial score (nSPS) is 21.2. The molecular weight excluding hydrogens is 1110 g/mol. The third-order valence-corrected chi connectivity index (χ3v) is 32.3. The lowest BCUT2D eigenvalue weighted by Gasteiger charge is -2.09. The first-order chi connectivity index (χ1) is 31.6. The molecule has 64 heavy (non-hydrogen) atoms. The Kier molecular flexibility index (Phi) is 34.5. The second kappa shape index (κ2) is 37.6. The Morgan fingerprint density at radius 1 is 0.328 bits per heavy atom. The van der Waals surface area contributed by atoms with Crippen LogP contribution in [0, 0.1) is 0 Å². The molecule has 0 N–H and O–H groups in total. The van der Waals surface area contributed by atoms with Gasteiger partial charge < -0.3 is 18.9 Å². The molecule has 0 radical (unpaired) electrons. The van der Waals surface area contributed by atoms with Crippen molar-refractivity contribution in [1.82, 2.24) is 0 Å². The van der Waals surface area contributed by atoms with Crippen LogP contribution in [-0.2, 0) is 18.9 Å². The molecule has 0 aromatic heterocycles. The topological polar surface area (TPSA) is 36.9 Å². The molecule has 0 saturated heterocycles. The number of unbranched alkanes of at least 4 members (excludes halogenated alkanes) is 12. The van der Waals surface area contributed by atoms with Gasteiger partial charge in [-0.05, 0) is 36.9 Å². The maximum absolute atomic E-state index is 6.11. The maximum Gasteiger partial charge on any atom is 0.0717 e. The van der Waals surface area contributed by atoms with Crippen molar-refractivity contribution in [2.45, 2.75) is 104 Å². The van der Waals surface area contributed by atoms with Gasteiger partial charge in [0.2, 0.25) is 0 Å². The summed E-state index contributed by atoms with van der Waals surface area (Å²) in [6.07, 6.45) is 23.6. The molecule has 0 bridgehead atoms. The van der Waals surface area contributed by atoms with Crippen LogP contribution in [0.2, 0.25) is 0 Å². The Bertz CT molecular complexity index is 1480. The van der Waals surface area contributed by atoms with E-state index in [1.807, 2.05) is 141 Å². The van der Waals surface area contributed by atoms with Crippen LogP contribution >= 0.6 is 188 Å². The van der Waals surface area contributed by atoms with Gasteiger partial charge in [0, 0.05) is 23.0 Å². The van der Waals surface area contributed by atoms with E-state index in [2.05, 4.69) is 73.4 Å². The molecule has 0 aromatic rings. The van der Waals surface area contributed by atoms with Crippen LogP contribution in [-0.4, -0.2) is 99.9 Å². The highest BCUT2D eigenvalue weighted by molar-refractivity contribution is 8.46. The molecule has 20 heteroatoms. The summed E-state index contributed by atoms with van der Waals surface area (Å²) >= 11 is 31.6. The first kappa shape index (κ1) is 58.8. The molecule has 4 nitrogen and oxygen atoms in total. The minimum atomic E-state index is 0.638. The SMILES string of the molecule is CCCCCCCCCSC1=C(SCCCCCCCCC)SC(=C2SC3=C(SCCOCCOCCSC4=C(SCCOCCOCCS3)SC(=C3SC(SC)=C(SC)S3)S4)S2)S1. The van der Waals surface area contributed by atoms with E-state index in [9.17, 15) is 0 Å². The van der Waals surface area contributed by atoms with Crippen molar-refractivity contribution >= 4 is 188 Å². The van der Waals surface area contributed by atoms with Gasteiger partial charge >= 0.3 is 0 Å². The van der Waals surface area contributed by atoms with Gasteiger partial charge in [0.05, 0.1) is 104 Å². The van der Waals surface area contributed by atoms with Gasteiger partial charge in [-0.25, -0.2) is 0 Å². The average molecular weight is 1170 g/mol. The molecular formula is C44H68O4S16. The fraction of sp³-hybridized carbons (Fsp3) is 0.727. The quantitative estimate of drug-likeness (QED) is 0.108. The van der Waals surface area contributed by atoms with Crippen molar-refractivity contribution in [1.29, 1.82) is 0 Å². The lowest BCUT2D eigenvalue weighted by atomic mass is 10.1. The predicted octanol–water partition coefficient (Wildman–Crippen LogP) is 19.4. The Balaban J connectivity index is 1.10. The molecule has 0 saturated carbocycles. The van der Waals surface area contributed by atoms with Gasteiger partial charge in [0.25, 0.3) is 0 Å². The third-order valence-electron chi connectivity index (χ3n) is 9.40. The third kappa shape index (κ3) is 23.0. The lowest BCUT2D eigenvalue weighted by molar-refractivity contribution is 0.0605. The smallest absolute Gasteiger partial charge is 0.0717 e. The Hall–Kier alpha value is 3.88. The minimum Gasteiger partial charge on any atom is -0.378 e. The van der Waals surface area contributed by atoms with Crippen molar-refractivity contribution in [3.63, 3.8) is 0 Å². The first-order valence-corrected chi connectivity index (χ1v) is 37.6. The van der Waals surface area contributed by atoms with Crippen LogP contribution in [0.15, 0.2) is 50.8 Å². The van der Waals surface area contributed by atoms with Crippen LogP contribution < -0.4 is 0 Å². The van der Waals surface area contributed by atoms with Crippen LogP contribution in [0.1, 0.15) is 104 Å². The highest BCUT2D eigenvalue weighted by Gasteiger charge is 2.32. The lowest BCUT2D eigenvalue weighted by Crippen LogP contribution is -2.08. The van der Waals surface area contributed by atoms with E-state index in [0.717, 1.165) is 49.4 Å². The number of ether oxygens (including phenoxy) is 4. The van der Waals surface area contributed by atoms with E-state index in [1.165, 1.54) is 144 Å². The van der Waals surface area contributed by atoms with Gasteiger partial charge in [-0.1, -0.05) is 185 Å². The molecule has 0 unspecified atom stereocenters. The van der Waals surface area contributed by atoms with Crippen LogP contribution in [0.25, 0.3) is 0 Å². The molecule has 0 aliphatic carbocycles. The Labute approximate surface area is 456 Å². The molecule has 0 atom stereocenters. The molecule has 0 amide bonds. The highest BCUT2D eigenvalue weighted by Crippen LogP contribution is 2.67. The number of hydrogen-bond donors (Lipinski definition) is 0. The number of hydrogen-bond acceptors (Lipinski definition) is 20. The van der Waals surface area contributed by atoms with Crippen molar-refractivity contribution in [2.75, 3.05) is 99.9 Å². The molecule has 5 aliphatic rings. The van der Waals surface area contributed by atoms with E-state index < -0.39 is 0 Å². The number of rotatable bonds is 20. The summed E-state index contributed by atoms with van der Waals surface area (Å²) in [5.41, 5.74) is 0. The monoisotopic (exact) mass is 1170 g/mol. The van der Waals surface area contributed by atoms with Gasteiger partial charge in [-0.2, -0.15) is 0 Å². The van der Waals surface area contributed by atoms with Gasteiger partial charge in [-0.3, -0.25) is 0 Å². The summed E-state index contributed by atoms with van der Waals surface area (Å²) in [6.45, 7) is 10.1. The van der Waals surface area contributed by atoms with E-state index in [1.54, 1.807) is 8.47 Å². The summed E-state index contributed by atoms with van der Waals surface area (Å²) in [6, 6.07) is 0. The average Bonchev–Trinajstić information content (AvgIpc) is 4.11. The predicted molar refractivity (Wildman–Crippen MR) is 324 cm³/mol. The van der Waals surface area contributed by atoms with Crippen molar-refractivity contribution in [3.05, 3.63) is 50.8 Å². The number of thioether (sulfide) groups is 16. The van der Waals surface area contributed by atoms with Crippen molar-refractivity contribution in [2.24, 2.45) is 0 Å². The van der Waals surface area contributed by atoms with Crippen LogP contribution in [0.3, 0.4) is 0 Å². The second-order valence-electron chi connectivity index (χ2n) is 14.5. The fourth-order valence-electron chi connectivity index (χ4n) is 6.07. The van der Waals surface area contributed by atoms with Crippen molar-refractivity contribution in [3.8, 4) is 0 Å². The highest BCUT2D eigenvalue weighted by atomic mass is 32.3. The zero-order chi connectivity index (χ0) is 44.9. The molecule has 5 heterocycles. The minimum absolute atomic E-state index is 0.638.